The molecule has 0 amide bonds. The molecule has 1 aliphatic heterocycles. The molecule has 6 nitrogen and oxygen atoms in total. The van der Waals surface area contributed by atoms with E-state index in [0.717, 1.165) is 103 Å². The standard InChI is InChI=1S/C39H58F5NO5S/c1-37-20-16-32-31-13-12-30(50-36(47)49-29-17-21-45(2)22-18-29)26-28(31)25-27(35(32)33(37)14-15-34(37)46)11-8-6-4-3-5-7-9-23-51(48)24-10-19-38(40,41)39(42,43)44/h12-13,26-27,29,32-35,46H,3-11,14-25H2,1-2H3/t27-,32-,33+,34+,35-,37+,51?/m1/s1. The summed E-state index contributed by atoms with van der Waals surface area (Å²) in [5.41, 5.74) is 2.60. The summed E-state index contributed by atoms with van der Waals surface area (Å²) in [6.07, 6.45) is 6.30. The summed E-state index contributed by atoms with van der Waals surface area (Å²) in [6.45, 7) is 4.10. The van der Waals surface area contributed by atoms with Gasteiger partial charge in [0.05, 0.1) is 6.10 Å². The summed E-state index contributed by atoms with van der Waals surface area (Å²) in [4.78, 5) is 14.9. The van der Waals surface area contributed by atoms with Crippen molar-refractivity contribution in [2.24, 2.45) is 23.2 Å². The van der Waals surface area contributed by atoms with Gasteiger partial charge in [0, 0.05) is 41.8 Å². The van der Waals surface area contributed by atoms with Crippen LogP contribution in [-0.2, 0) is 22.0 Å². The maximum absolute atomic E-state index is 13.0. The second kappa shape index (κ2) is 17.6. The van der Waals surface area contributed by atoms with Gasteiger partial charge in [-0.15, -0.1) is 0 Å². The highest BCUT2D eigenvalue weighted by atomic mass is 32.2. The molecule has 3 fully saturated rings. The molecule has 1 aromatic carbocycles. The van der Waals surface area contributed by atoms with Gasteiger partial charge in [-0.3, -0.25) is 4.21 Å². The molecular weight excluding hydrogens is 689 g/mol. The summed E-state index contributed by atoms with van der Waals surface area (Å²) in [7, 11) is 0.690. The number of carbonyl (C=O) groups excluding carboxylic acids is 1. The van der Waals surface area contributed by atoms with Gasteiger partial charge in [-0.25, -0.2) is 4.79 Å². The average Bonchev–Trinajstić information content (AvgIpc) is 3.37. The molecule has 51 heavy (non-hydrogen) atoms. The molecule has 1 saturated heterocycles. The number of likely N-dealkylation sites (tertiary alicyclic amines) is 1. The third kappa shape index (κ3) is 10.3. The summed E-state index contributed by atoms with van der Waals surface area (Å²) in [5.74, 6) is -2.03. The molecule has 3 aliphatic carbocycles. The molecule has 0 spiro atoms. The number of ether oxygens (including phenoxy) is 2. The van der Waals surface area contributed by atoms with Crippen molar-refractivity contribution in [2.45, 2.75) is 146 Å². The number of unbranched alkanes of at least 4 members (excludes halogenated alkanes) is 6. The quantitative estimate of drug-likeness (QED) is 0.0786. The molecule has 1 unspecified atom stereocenters. The molecule has 0 bridgehead atoms. The third-order valence-electron chi connectivity index (χ3n) is 12.7. The zero-order valence-corrected chi connectivity index (χ0v) is 31.2. The van der Waals surface area contributed by atoms with Crippen molar-refractivity contribution < 1.29 is 45.5 Å². The number of rotatable bonds is 16. The van der Waals surface area contributed by atoms with Crippen LogP contribution in [0.25, 0.3) is 0 Å². The molecule has 1 N–H and O–H groups in total. The summed E-state index contributed by atoms with van der Waals surface area (Å²) < 4.78 is 86.4. The van der Waals surface area contributed by atoms with Crippen LogP contribution >= 0.6 is 0 Å². The van der Waals surface area contributed by atoms with E-state index in [0.29, 0.717) is 41.6 Å². The van der Waals surface area contributed by atoms with Crippen LogP contribution in [0.2, 0.25) is 0 Å². The van der Waals surface area contributed by atoms with Crippen molar-refractivity contribution in [2.75, 3.05) is 31.6 Å². The highest BCUT2D eigenvalue weighted by Gasteiger charge is 2.57. The molecule has 7 atom stereocenters. The topological polar surface area (TPSA) is 76.1 Å². The minimum absolute atomic E-state index is 0.0323. The van der Waals surface area contributed by atoms with Crippen molar-refractivity contribution in [3.8, 4) is 5.75 Å². The Labute approximate surface area is 303 Å². The van der Waals surface area contributed by atoms with Gasteiger partial charge in [0.15, 0.2) is 0 Å². The van der Waals surface area contributed by atoms with Gasteiger partial charge in [-0.2, -0.15) is 22.0 Å². The summed E-state index contributed by atoms with van der Waals surface area (Å²) >= 11 is 0. The van der Waals surface area contributed by atoms with Gasteiger partial charge in [-0.1, -0.05) is 51.5 Å². The number of alkyl halides is 5. The minimum Gasteiger partial charge on any atom is -0.431 e. The molecule has 1 heterocycles. The monoisotopic (exact) mass is 747 g/mol. The largest absolute Gasteiger partial charge is 0.514 e. The summed E-state index contributed by atoms with van der Waals surface area (Å²) in [6, 6.07) is 6.13. The van der Waals surface area contributed by atoms with Gasteiger partial charge < -0.3 is 19.5 Å². The van der Waals surface area contributed by atoms with Crippen LogP contribution in [-0.4, -0.2) is 76.3 Å². The Balaban J connectivity index is 1.07. The number of benzene rings is 1. The molecular formula is C39H58F5NO5S. The maximum atomic E-state index is 13.0. The number of hydrogen-bond donors (Lipinski definition) is 1. The lowest BCUT2D eigenvalue weighted by atomic mass is 9.52. The number of fused-ring (bicyclic) bond motifs is 5. The Morgan fingerprint density at radius 1 is 0.941 bits per heavy atom. The molecule has 1 aromatic rings. The van der Waals surface area contributed by atoms with Crippen LogP contribution in [0.4, 0.5) is 26.7 Å². The van der Waals surface area contributed by atoms with E-state index in [1.807, 2.05) is 6.07 Å². The SMILES string of the molecule is CN1CCC(OC(=O)Oc2ccc3c(c2)C[C@@H](CCCCCCCCCS(=O)CCCC(F)(F)C(F)(F)F)[C@@H]2[C@@H]3CC[C@]3(C)[C@@H](O)CC[C@@H]23)CC1. The number of hydrogen-bond acceptors (Lipinski definition) is 6. The number of carbonyl (C=O) groups is 1. The van der Waals surface area contributed by atoms with Crippen molar-refractivity contribution in [3.63, 3.8) is 0 Å². The number of aliphatic hydroxyl groups is 1. The van der Waals surface area contributed by atoms with Crippen LogP contribution in [0.5, 0.6) is 5.75 Å². The number of nitrogens with zero attached hydrogens (tertiary/aromatic N) is 1. The molecule has 12 heteroatoms. The highest BCUT2D eigenvalue weighted by Crippen LogP contribution is 2.62. The average molecular weight is 748 g/mol. The second-order valence-electron chi connectivity index (χ2n) is 16.1. The lowest BCUT2D eigenvalue weighted by Gasteiger charge is -2.53. The molecule has 5 rings (SSSR count). The van der Waals surface area contributed by atoms with E-state index < -0.39 is 41.9 Å². The highest BCUT2D eigenvalue weighted by molar-refractivity contribution is 7.84. The Hall–Kier alpha value is -1.79. The van der Waals surface area contributed by atoms with Crippen LogP contribution in [0, 0.1) is 23.2 Å². The molecule has 290 valence electrons. The first kappa shape index (κ1) is 40.4. The lowest BCUT2D eigenvalue weighted by Crippen LogP contribution is -2.47. The zero-order chi connectivity index (χ0) is 36.8. The van der Waals surface area contributed by atoms with Gasteiger partial charge in [-0.05, 0) is 124 Å². The van der Waals surface area contributed by atoms with Crippen molar-refractivity contribution >= 4 is 17.0 Å². The van der Waals surface area contributed by atoms with Crippen LogP contribution in [0.15, 0.2) is 18.2 Å². The first-order valence-electron chi connectivity index (χ1n) is 19.4. The van der Waals surface area contributed by atoms with Gasteiger partial charge >= 0.3 is 18.3 Å². The fraction of sp³-hybridized carbons (Fsp3) is 0.821. The van der Waals surface area contributed by atoms with E-state index in [1.54, 1.807) is 0 Å². The number of piperidine rings is 1. The predicted molar refractivity (Wildman–Crippen MR) is 189 cm³/mol. The van der Waals surface area contributed by atoms with Gasteiger partial charge in [0.1, 0.15) is 11.9 Å². The van der Waals surface area contributed by atoms with E-state index in [1.165, 1.54) is 11.1 Å². The maximum Gasteiger partial charge on any atom is 0.514 e. The lowest BCUT2D eigenvalue weighted by molar-refractivity contribution is -0.284. The fourth-order valence-corrected chi connectivity index (χ4v) is 10.9. The van der Waals surface area contributed by atoms with Crippen LogP contribution in [0.1, 0.15) is 127 Å². The molecule has 2 saturated carbocycles. The van der Waals surface area contributed by atoms with Crippen LogP contribution < -0.4 is 4.74 Å². The molecule has 0 aromatic heterocycles. The zero-order valence-electron chi connectivity index (χ0n) is 30.4. The van der Waals surface area contributed by atoms with Crippen molar-refractivity contribution in [1.29, 1.82) is 0 Å². The van der Waals surface area contributed by atoms with Gasteiger partial charge in [0.2, 0.25) is 0 Å². The first-order chi connectivity index (χ1) is 24.2. The Morgan fingerprint density at radius 2 is 1.61 bits per heavy atom. The Bertz CT molecular complexity index is 1320. The normalized spacial score (nSPS) is 29.2. The Morgan fingerprint density at radius 3 is 2.31 bits per heavy atom. The van der Waals surface area contributed by atoms with E-state index in [2.05, 4.69) is 31.0 Å². The smallest absolute Gasteiger partial charge is 0.431 e. The van der Waals surface area contributed by atoms with E-state index >= 15 is 0 Å². The summed E-state index contributed by atoms with van der Waals surface area (Å²) in [5, 5.41) is 11.0. The second-order valence-corrected chi connectivity index (χ2v) is 17.8. The van der Waals surface area contributed by atoms with Gasteiger partial charge in [0.25, 0.3) is 0 Å². The molecule has 0 radical (unpaired) electrons. The Kier molecular flexibility index (Phi) is 13.9. The van der Waals surface area contributed by atoms with E-state index in [-0.39, 0.29) is 23.4 Å². The number of halogens is 5. The van der Waals surface area contributed by atoms with Crippen molar-refractivity contribution in [1.82, 2.24) is 4.90 Å². The third-order valence-corrected chi connectivity index (χ3v) is 14.2. The first-order valence-corrected chi connectivity index (χ1v) is 20.8. The van der Waals surface area contributed by atoms with E-state index in [9.17, 15) is 36.1 Å². The number of aliphatic hydroxyl groups excluding tert-OH is 1. The van der Waals surface area contributed by atoms with Crippen LogP contribution in [0.3, 0.4) is 0 Å². The van der Waals surface area contributed by atoms with E-state index in [4.69, 9.17) is 9.47 Å². The predicted octanol–water partition coefficient (Wildman–Crippen LogP) is 9.59. The fourth-order valence-electron chi connectivity index (χ4n) is 9.70. The minimum atomic E-state index is -5.56. The molecule has 4 aliphatic rings. The van der Waals surface area contributed by atoms with Crippen molar-refractivity contribution in [3.05, 3.63) is 29.3 Å².